The van der Waals surface area contributed by atoms with Gasteiger partial charge in [-0.15, -0.1) is 0 Å². The molecule has 0 bridgehead atoms. The van der Waals surface area contributed by atoms with Crippen LogP contribution in [0.5, 0.6) is 0 Å². The van der Waals surface area contributed by atoms with Gasteiger partial charge in [-0.1, -0.05) is 27.4 Å². The molecule has 0 aromatic rings. The van der Waals surface area contributed by atoms with Gasteiger partial charge in [-0.3, -0.25) is 24.0 Å². The van der Waals surface area contributed by atoms with Gasteiger partial charge in [-0.2, -0.15) is 0 Å². The molecule has 0 radical (unpaired) electrons. The second-order valence-electron chi connectivity index (χ2n) is 7.60. The Morgan fingerprint density at radius 1 is 0.737 bits per heavy atom. The molecule has 0 aliphatic rings. The van der Waals surface area contributed by atoms with Gasteiger partial charge in [0.15, 0.2) is 0 Å². The van der Waals surface area contributed by atoms with Crippen LogP contribution in [0.25, 0.3) is 0 Å². The van der Waals surface area contributed by atoms with Gasteiger partial charge in [-0.05, 0) is 19.8 Å². The van der Waals surface area contributed by atoms with Crippen LogP contribution >= 0.6 is 0 Å². The Balaban J connectivity index is -0.000000204. The molecule has 0 spiro atoms. The second-order valence-corrected chi connectivity index (χ2v) is 7.60. The van der Waals surface area contributed by atoms with E-state index in [1.54, 1.807) is 20.8 Å². The van der Waals surface area contributed by atoms with Gasteiger partial charge in [-0.25, -0.2) is 4.79 Å². The Kier molecular flexibility index (Phi) is 29.1. The highest BCUT2D eigenvalue weighted by Gasteiger charge is 2.15. The zero-order valence-electron chi connectivity index (χ0n) is 22.8. The topological polar surface area (TPSA) is 231 Å². The minimum atomic E-state index is -1.18. The Morgan fingerprint density at radius 2 is 1.16 bits per heavy atom. The zero-order valence-corrected chi connectivity index (χ0v) is 22.8. The highest BCUT2D eigenvalue weighted by atomic mass is 16.5. The first-order chi connectivity index (χ1) is 17.5. The van der Waals surface area contributed by atoms with E-state index in [4.69, 9.17) is 30.3 Å². The number of ether oxygens (including phenoxy) is 3. The fourth-order valence-corrected chi connectivity index (χ4v) is 1.66. The fourth-order valence-electron chi connectivity index (χ4n) is 1.66. The summed E-state index contributed by atoms with van der Waals surface area (Å²) >= 11 is 0. The van der Waals surface area contributed by atoms with Crippen molar-refractivity contribution >= 4 is 35.8 Å². The Morgan fingerprint density at radius 3 is 1.45 bits per heavy atom. The van der Waals surface area contributed by atoms with Crippen molar-refractivity contribution in [2.75, 3.05) is 34.0 Å². The molecule has 0 saturated carbocycles. The Bertz CT molecular complexity index is 732. The molecule has 0 rings (SSSR count). The van der Waals surface area contributed by atoms with Crippen molar-refractivity contribution in [1.82, 2.24) is 0 Å². The van der Waals surface area contributed by atoms with Crippen LogP contribution in [0.15, 0.2) is 12.2 Å². The number of carbonyl (C=O) groups excluding carboxylic acids is 3. The van der Waals surface area contributed by atoms with E-state index in [2.05, 4.69) is 16.1 Å². The van der Waals surface area contributed by atoms with Crippen LogP contribution in [0.2, 0.25) is 0 Å². The zero-order chi connectivity index (χ0) is 30.8. The lowest BCUT2D eigenvalue weighted by molar-refractivity contribution is -0.149. The minimum absolute atomic E-state index is 0.0416. The first kappa shape index (κ1) is 41.6. The summed E-state index contributed by atoms with van der Waals surface area (Å²) in [4.78, 5) is 61.8. The summed E-state index contributed by atoms with van der Waals surface area (Å²) < 4.78 is 13.2. The predicted molar refractivity (Wildman–Crippen MR) is 133 cm³/mol. The highest BCUT2D eigenvalue weighted by molar-refractivity contribution is 5.91. The summed E-state index contributed by atoms with van der Waals surface area (Å²) in [7, 11) is 2.42. The lowest BCUT2D eigenvalue weighted by Gasteiger charge is -2.07. The maximum absolute atomic E-state index is 10.8. The van der Waals surface area contributed by atoms with Crippen molar-refractivity contribution in [3.05, 3.63) is 12.2 Å². The minimum Gasteiger partial charge on any atom is -0.481 e. The summed E-state index contributed by atoms with van der Waals surface area (Å²) in [5.41, 5.74) is -0.160. The van der Waals surface area contributed by atoms with Crippen LogP contribution in [-0.2, 0) is 43.0 Å². The smallest absolute Gasteiger partial charge is 0.331 e. The molecule has 38 heavy (non-hydrogen) atoms. The van der Waals surface area contributed by atoms with Crippen LogP contribution in [0.3, 0.4) is 0 Å². The molecule has 0 aliphatic heterocycles. The number of rotatable bonds is 13. The molecular weight excluding hydrogens is 512 g/mol. The normalized spacial score (nSPS) is 11.6. The highest BCUT2D eigenvalue weighted by Crippen LogP contribution is 2.03. The number of carboxylic acid groups (broad SMARTS) is 3. The summed E-state index contributed by atoms with van der Waals surface area (Å²) in [6.07, 6.45) is 0.506. The van der Waals surface area contributed by atoms with E-state index in [-0.39, 0.29) is 43.5 Å². The van der Waals surface area contributed by atoms with Gasteiger partial charge in [0.2, 0.25) is 0 Å². The van der Waals surface area contributed by atoms with Crippen molar-refractivity contribution in [2.24, 2.45) is 17.8 Å². The maximum atomic E-state index is 10.8. The molecule has 0 saturated heterocycles. The van der Waals surface area contributed by atoms with E-state index in [1.807, 2.05) is 0 Å². The number of carboxylic acids is 3. The van der Waals surface area contributed by atoms with E-state index >= 15 is 0 Å². The molecule has 0 heterocycles. The van der Waals surface area contributed by atoms with Crippen LogP contribution in [0.1, 0.15) is 53.4 Å². The molecule has 5 N–H and O–H groups in total. The van der Waals surface area contributed by atoms with E-state index in [1.165, 1.54) is 21.1 Å². The fraction of sp³-hybridized carbons (Fsp3) is 0.667. The summed E-state index contributed by atoms with van der Waals surface area (Å²) in [5.74, 6) is -5.56. The Hall–Kier alpha value is -3.52. The summed E-state index contributed by atoms with van der Waals surface area (Å²) in [6.45, 7) is 10.1. The van der Waals surface area contributed by atoms with Crippen molar-refractivity contribution in [3.8, 4) is 0 Å². The predicted octanol–water partition coefficient (Wildman–Crippen LogP) is 1.12. The Labute approximate surface area is 222 Å². The third-order valence-electron chi connectivity index (χ3n) is 4.24. The molecular formula is C24H42O14. The molecule has 0 aromatic heterocycles. The molecule has 0 amide bonds. The van der Waals surface area contributed by atoms with Crippen molar-refractivity contribution in [3.63, 3.8) is 0 Å². The van der Waals surface area contributed by atoms with E-state index in [0.717, 1.165) is 0 Å². The third-order valence-corrected chi connectivity index (χ3v) is 4.24. The third kappa shape index (κ3) is 28.7. The molecule has 0 aliphatic carbocycles. The van der Waals surface area contributed by atoms with Gasteiger partial charge in [0, 0.05) is 18.8 Å². The number of aliphatic carboxylic acids is 3. The van der Waals surface area contributed by atoms with E-state index in [9.17, 15) is 28.8 Å². The summed E-state index contributed by atoms with van der Waals surface area (Å²) in [6, 6.07) is 0. The van der Waals surface area contributed by atoms with Crippen molar-refractivity contribution < 1.29 is 68.5 Å². The van der Waals surface area contributed by atoms with Crippen LogP contribution in [0, 0.1) is 17.8 Å². The first-order valence-corrected chi connectivity index (χ1v) is 11.4. The number of hydrogen-bond acceptors (Lipinski definition) is 11. The van der Waals surface area contributed by atoms with Crippen LogP contribution in [0.4, 0.5) is 0 Å². The molecule has 14 heteroatoms. The lowest BCUT2D eigenvalue weighted by atomic mass is 10.1. The molecule has 3 atom stereocenters. The SMILES string of the molecule is C=C(CC(=O)OC)C(=O)O.CCOC(=O)[C@H](C)CCO.COC(=O)C[C@@H](C)C(=O)O.C[C@H](CCO)C(=O)O. The number of esters is 3. The van der Waals surface area contributed by atoms with Crippen molar-refractivity contribution in [2.45, 2.75) is 53.4 Å². The van der Waals surface area contributed by atoms with Gasteiger partial charge >= 0.3 is 35.8 Å². The van der Waals surface area contributed by atoms with Gasteiger partial charge in [0.1, 0.15) is 0 Å². The molecule has 14 nitrogen and oxygen atoms in total. The summed E-state index contributed by atoms with van der Waals surface area (Å²) in [5, 5.41) is 41.4. The largest absolute Gasteiger partial charge is 0.481 e. The van der Waals surface area contributed by atoms with Gasteiger partial charge in [0.05, 0.1) is 51.4 Å². The van der Waals surface area contributed by atoms with Crippen LogP contribution < -0.4 is 0 Å². The molecule has 0 fully saturated rings. The quantitative estimate of drug-likeness (QED) is 0.122. The number of hydrogen-bond donors (Lipinski definition) is 5. The van der Waals surface area contributed by atoms with E-state index < -0.39 is 41.7 Å². The average molecular weight is 555 g/mol. The standard InChI is InChI=1S/C7H14O3.C6H10O4.C6H8O4.C5H10O3/c1-3-10-7(9)6(2)4-5-8;2*1-4(6(8)9)3-5(7)10-2;1-4(2-3-6)5(7)8/h6,8H,3-5H2,1-2H3;4H,3H2,1-2H3,(H,8,9);1,3H2,2H3,(H,8,9);4,6H,2-3H2,1H3,(H,7,8)/t6-;4-;;4-/m11.1/s1. The van der Waals surface area contributed by atoms with Crippen molar-refractivity contribution in [1.29, 1.82) is 0 Å². The maximum Gasteiger partial charge on any atom is 0.331 e. The second kappa shape index (κ2) is 26.5. The molecule has 222 valence electrons. The monoisotopic (exact) mass is 554 g/mol. The van der Waals surface area contributed by atoms with Gasteiger partial charge in [0.25, 0.3) is 0 Å². The molecule has 0 unspecified atom stereocenters. The lowest BCUT2D eigenvalue weighted by Crippen LogP contribution is -2.15. The van der Waals surface area contributed by atoms with Crippen LogP contribution in [-0.4, -0.2) is 95.4 Å². The first-order valence-electron chi connectivity index (χ1n) is 11.4. The molecule has 0 aromatic carbocycles. The number of methoxy groups -OCH3 is 2. The van der Waals surface area contributed by atoms with E-state index in [0.29, 0.717) is 19.4 Å². The average Bonchev–Trinajstić information content (AvgIpc) is 2.85. The number of aliphatic hydroxyl groups is 2. The van der Waals surface area contributed by atoms with Gasteiger partial charge < -0.3 is 39.7 Å². The number of carbonyl (C=O) groups is 6. The number of aliphatic hydroxyl groups excluding tert-OH is 2.